The fraction of sp³-hybridized carbons (Fsp3) is 0. The second-order valence-electron chi connectivity index (χ2n) is 11.8. The number of benzene rings is 7. The van der Waals surface area contributed by atoms with Gasteiger partial charge in [-0.1, -0.05) is 121 Å². The van der Waals surface area contributed by atoms with Crippen LogP contribution in [0.3, 0.4) is 0 Å². The lowest BCUT2D eigenvalue weighted by Gasteiger charge is -2.14. The molecule has 0 bridgehead atoms. The molecular weight excluding hydrogens is 575 g/mol. The molecule has 46 heavy (non-hydrogen) atoms. The van der Waals surface area contributed by atoms with Crippen LogP contribution in [0, 0.1) is 0 Å². The quantitative estimate of drug-likeness (QED) is 0.184. The Morgan fingerprint density at radius 3 is 1.67 bits per heavy atom. The summed E-state index contributed by atoms with van der Waals surface area (Å²) in [7, 11) is 0. The SMILES string of the molecule is c1ccc(-c2ccc(-n3c4ccc(-c5cc(-c6ccccc6)ccc5-c5ccccc5)cc4c4cc5sccc5cc43)cc2)cc1. The molecule has 0 aliphatic rings. The fourth-order valence-corrected chi connectivity index (χ4v) is 7.63. The predicted octanol–water partition coefficient (Wildman–Crippen LogP) is 12.7. The molecule has 7 aromatic carbocycles. The highest BCUT2D eigenvalue weighted by atomic mass is 32.1. The predicted molar refractivity (Wildman–Crippen MR) is 198 cm³/mol. The Balaban J connectivity index is 1.27. The lowest BCUT2D eigenvalue weighted by Crippen LogP contribution is -1.94. The van der Waals surface area contributed by atoms with Gasteiger partial charge in [0, 0.05) is 21.2 Å². The highest BCUT2D eigenvalue weighted by Gasteiger charge is 2.17. The van der Waals surface area contributed by atoms with Crippen LogP contribution in [0.4, 0.5) is 0 Å². The molecule has 0 saturated heterocycles. The van der Waals surface area contributed by atoms with E-state index in [2.05, 4.69) is 180 Å². The molecule has 216 valence electrons. The Morgan fingerprint density at radius 2 is 0.957 bits per heavy atom. The maximum Gasteiger partial charge on any atom is 0.0548 e. The highest BCUT2D eigenvalue weighted by molar-refractivity contribution is 7.17. The second-order valence-corrected chi connectivity index (χ2v) is 12.7. The van der Waals surface area contributed by atoms with E-state index in [1.165, 1.54) is 76.4 Å². The maximum absolute atomic E-state index is 2.43. The third-order valence-corrected chi connectivity index (χ3v) is 9.97. The maximum atomic E-state index is 2.43. The summed E-state index contributed by atoms with van der Waals surface area (Å²) >= 11 is 1.81. The number of hydrogen-bond donors (Lipinski definition) is 0. The monoisotopic (exact) mass is 603 g/mol. The van der Waals surface area contributed by atoms with Crippen molar-refractivity contribution in [2.75, 3.05) is 0 Å². The van der Waals surface area contributed by atoms with Crippen molar-refractivity contribution >= 4 is 43.2 Å². The molecule has 0 unspecified atom stereocenters. The van der Waals surface area contributed by atoms with E-state index in [-0.39, 0.29) is 0 Å². The number of hydrogen-bond acceptors (Lipinski definition) is 1. The van der Waals surface area contributed by atoms with Crippen LogP contribution >= 0.6 is 11.3 Å². The van der Waals surface area contributed by atoms with Crippen molar-refractivity contribution in [2.24, 2.45) is 0 Å². The lowest BCUT2D eigenvalue weighted by molar-refractivity contribution is 1.18. The summed E-state index contributed by atoms with van der Waals surface area (Å²) in [6.07, 6.45) is 0. The summed E-state index contributed by atoms with van der Waals surface area (Å²) in [5, 5.41) is 6.01. The van der Waals surface area contributed by atoms with Gasteiger partial charge in [-0.2, -0.15) is 0 Å². The van der Waals surface area contributed by atoms with Gasteiger partial charge < -0.3 is 4.57 Å². The number of nitrogens with zero attached hydrogens (tertiary/aromatic N) is 1. The Morgan fingerprint density at radius 1 is 0.370 bits per heavy atom. The van der Waals surface area contributed by atoms with Crippen molar-refractivity contribution in [1.82, 2.24) is 4.57 Å². The molecule has 0 aliphatic heterocycles. The smallest absolute Gasteiger partial charge is 0.0548 e. The van der Waals surface area contributed by atoms with Gasteiger partial charge in [-0.25, -0.2) is 0 Å². The largest absolute Gasteiger partial charge is 0.309 e. The van der Waals surface area contributed by atoms with Gasteiger partial charge in [0.15, 0.2) is 0 Å². The molecule has 2 heteroatoms. The normalized spacial score (nSPS) is 11.5. The van der Waals surface area contributed by atoms with E-state index in [4.69, 9.17) is 0 Å². The van der Waals surface area contributed by atoms with E-state index in [1.54, 1.807) is 11.3 Å². The average Bonchev–Trinajstić information content (AvgIpc) is 3.73. The summed E-state index contributed by atoms with van der Waals surface area (Å²) in [5.74, 6) is 0. The van der Waals surface area contributed by atoms with E-state index in [0.717, 1.165) is 5.69 Å². The van der Waals surface area contributed by atoms with Gasteiger partial charge in [0.1, 0.15) is 0 Å². The summed E-state index contributed by atoms with van der Waals surface area (Å²) in [6.45, 7) is 0. The third-order valence-electron chi connectivity index (χ3n) is 9.09. The summed E-state index contributed by atoms with van der Waals surface area (Å²) in [6, 6.07) is 61.9. The van der Waals surface area contributed by atoms with Gasteiger partial charge in [-0.05, 0) is 104 Å². The molecular formula is C44H29NS. The van der Waals surface area contributed by atoms with Gasteiger partial charge in [0.05, 0.1) is 11.0 Å². The molecule has 2 heterocycles. The van der Waals surface area contributed by atoms with Crippen LogP contribution in [0.15, 0.2) is 175 Å². The van der Waals surface area contributed by atoms with E-state index >= 15 is 0 Å². The first-order chi connectivity index (χ1) is 22.8. The molecule has 0 saturated carbocycles. The number of aromatic nitrogens is 1. The Hall–Kier alpha value is -5.70. The molecule has 2 aromatic heterocycles. The number of fused-ring (bicyclic) bond motifs is 4. The van der Waals surface area contributed by atoms with Gasteiger partial charge in [0.2, 0.25) is 0 Å². The second kappa shape index (κ2) is 11.0. The van der Waals surface area contributed by atoms with Crippen molar-refractivity contribution in [3.8, 4) is 50.2 Å². The summed E-state index contributed by atoms with van der Waals surface area (Å²) < 4.78 is 3.74. The fourth-order valence-electron chi connectivity index (χ4n) is 6.82. The van der Waals surface area contributed by atoms with Gasteiger partial charge in [-0.3, -0.25) is 0 Å². The molecule has 0 spiro atoms. The van der Waals surface area contributed by atoms with Gasteiger partial charge >= 0.3 is 0 Å². The Bertz CT molecular complexity index is 2490. The molecule has 0 fully saturated rings. The zero-order valence-electron chi connectivity index (χ0n) is 25.1. The molecule has 0 radical (unpaired) electrons. The topological polar surface area (TPSA) is 4.93 Å². The Labute approximate surface area is 272 Å². The van der Waals surface area contributed by atoms with Crippen LogP contribution in [0.5, 0.6) is 0 Å². The number of thiophene rings is 1. The molecule has 1 nitrogen and oxygen atoms in total. The van der Waals surface area contributed by atoms with E-state index < -0.39 is 0 Å². The minimum Gasteiger partial charge on any atom is -0.309 e. The number of rotatable bonds is 5. The van der Waals surface area contributed by atoms with Crippen molar-refractivity contribution in [3.63, 3.8) is 0 Å². The highest BCUT2D eigenvalue weighted by Crippen LogP contribution is 2.41. The molecule has 9 aromatic rings. The molecule has 0 N–H and O–H groups in total. The first-order valence-electron chi connectivity index (χ1n) is 15.7. The van der Waals surface area contributed by atoms with E-state index in [9.17, 15) is 0 Å². The zero-order valence-corrected chi connectivity index (χ0v) is 25.9. The van der Waals surface area contributed by atoms with E-state index in [0.29, 0.717) is 0 Å². The molecule has 0 aliphatic carbocycles. The average molecular weight is 604 g/mol. The van der Waals surface area contributed by atoms with Crippen LogP contribution in [-0.2, 0) is 0 Å². The van der Waals surface area contributed by atoms with Crippen LogP contribution in [0.2, 0.25) is 0 Å². The minimum atomic E-state index is 1.16. The Kier molecular flexibility index (Phi) is 6.40. The summed E-state index contributed by atoms with van der Waals surface area (Å²) in [4.78, 5) is 0. The van der Waals surface area contributed by atoms with E-state index in [1.807, 2.05) is 0 Å². The van der Waals surface area contributed by atoms with Crippen molar-refractivity contribution in [1.29, 1.82) is 0 Å². The van der Waals surface area contributed by atoms with Crippen LogP contribution in [0.25, 0.3) is 82.1 Å². The molecule has 0 atom stereocenters. The third kappa shape index (κ3) is 4.54. The molecule has 9 rings (SSSR count). The minimum absolute atomic E-state index is 1.16. The van der Waals surface area contributed by atoms with Gasteiger partial charge in [0.25, 0.3) is 0 Å². The van der Waals surface area contributed by atoms with Crippen molar-refractivity contribution in [2.45, 2.75) is 0 Å². The van der Waals surface area contributed by atoms with Crippen LogP contribution in [0.1, 0.15) is 0 Å². The van der Waals surface area contributed by atoms with Crippen molar-refractivity contribution < 1.29 is 0 Å². The first kappa shape index (κ1) is 26.7. The molecule has 0 amide bonds. The zero-order chi connectivity index (χ0) is 30.5. The van der Waals surface area contributed by atoms with Crippen LogP contribution in [-0.4, -0.2) is 4.57 Å². The standard InChI is InChI=1S/C44H29NS/c1-4-10-30(11-5-1)32-16-20-37(21-17-32)45-42-23-19-35(27-40(42)41-29-44-36(24-25-46-44)28-43(41)45)39-26-34(31-12-6-2-7-13-31)18-22-38(39)33-14-8-3-9-15-33/h1-29H. The van der Waals surface area contributed by atoms with Gasteiger partial charge in [-0.15, -0.1) is 11.3 Å². The summed E-state index contributed by atoms with van der Waals surface area (Å²) in [5.41, 5.74) is 13.4. The first-order valence-corrected chi connectivity index (χ1v) is 16.5. The lowest BCUT2D eigenvalue weighted by atomic mass is 9.90. The van der Waals surface area contributed by atoms with Crippen molar-refractivity contribution in [3.05, 3.63) is 175 Å². The van der Waals surface area contributed by atoms with Crippen LogP contribution < -0.4 is 0 Å².